The minimum atomic E-state index is 0.637. The van der Waals surface area contributed by atoms with E-state index in [1.165, 1.54) is 17.7 Å². The Bertz CT molecular complexity index is 318. The Kier molecular flexibility index (Phi) is 3.97. The van der Waals surface area contributed by atoms with Gasteiger partial charge in [0.2, 0.25) is 0 Å². The molecule has 2 heteroatoms. The molecule has 0 aromatic heterocycles. The molecule has 0 spiro atoms. The summed E-state index contributed by atoms with van der Waals surface area (Å²) in [6, 6.07) is 9.12. The first-order valence-corrected chi connectivity index (χ1v) is 6.27. The van der Waals surface area contributed by atoms with Gasteiger partial charge >= 0.3 is 0 Å². The first kappa shape index (κ1) is 11.6. The molecule has 1 fully saturated rings. The number of hydrogen-bond donors (Lipinski definition) is 1. The molecular weight excluding hydrogens is 196 g/mol. The zero-order valence-electron chi connectivity index (χ0n) is 10.4. The van der Waals surface area contributed by atoms with Crippen molar-refractivity contribution in [1.29, 1.82) is 0 Å². The average Bonchev–Trinajstić information content (AvgIpc) is 2.54. The number of rotatable bonds is 2. The molecular formula is C14H22N2. The molecule has 1 aliphatic rings. The summed E-state index contributed by atoms with van der Waals surface area (Å²) in [7, 11) is 2.21. The predicted octanol–water partition coefficient (Wildman–Crippen LogP) is 1.87. The van der Waals surface area contributed by atoms with E-state index in [0.717, 1.165) is 26.1 Å². The second kappa shape index (κ2) is 5.46. The van der Waals surface area contributed by atoms with Crippen molar-refractivity contribution in [1.82, 2.24) is 10.2 Å². The van der Waals surface area contributed by atoms with Gasteiger partial charge in [0, 0.05) is 32.1 Å². The highest BCUT2D eigenvalue weighted by atomic mass is 15.1. The van der Waals surface area contributed by atoms with Crippen LogP contribution in [-0.2, 0) is 6.42 Å². The lowest BCUT2D eigenvalue weighted by Gasteiger charge is -2.19. The minimum Gasteiger partial charge on any atom is -0.315 e. The highest BCUT2D eigenvalue weighted by Gasteiger charge is 2.16. The molecule has 2 rings (SSSR count). The van der Waals surface area contributed by atoms with Crippen LogP contribution in [0.4, 0.5) is 0 Å². The molecule has 0 amide bonds. The second-order valence-corrected chi connectivity index (χ2v) is 4.76. The fraction of sp³-hybridized carbons (Fsp3) is 0.571. The van der Waals surface area contributed by atoms with E-state index in [1.54, 1.807) is 0 Å². The summed E-state index contributed by atoms with van der Waals surface area (Å²) in [5, 5.41) is 3.51. The molecule has 1 aromatic rings. The standard InChI is InChI=1S/C14H22N2/c1-3-12-4-6-13(7-5-12)14-10-15-8-9-16(2)11-14/h4-7,14-15H,3,8-11H2,1-2H3. The average molecular weight is 218 g/mol. The molecule has 16 heavy (non-hydrogen) atoms. The van der Waals surface area contributed by atoms with Crippen molar-refractivity contribution in [2.24, 2.45) is 0 Å². The quantitative estimate of drug-likeness (QED) is 0.815. The van der Waals surface area contributed by atoms with Gasteiger partial charge in [0.15, 0.2) is 0 Å². The van der Waals surface area contributed by atoms with E-state index in [2.05, 4.69) is 48.5 Å². The van der Waals surface area contributed by atoms with E-state index in [9.17, 15) is 0 Å². The first-order chi connectivity index (χ1) is 7.79. The molecule has 88 valence electrons. The SMILES string of the molecule is CCc1ccc(C2CNCCN(C)C2)cc1. The van der Waals surface area contributed by atoms with E-state index in [0.29, 0.717) is 5.92 Å². The van der Waals surface area contributed by atoms with E-state index >= 15 is 0 Å². The lowest BCUT2D eigenvalue weighted by Crippen LogP contribution is -2.24. The molecule has 1 atom stereocenters. The second-order valence-electron chi connectivity index (χ2n) is 4.76. The molecule has 0 saturated carbocycles. The Hall–Kier alpha value is -0.860. The van der Waals surface area contributed by atoms with Crippen molar-refractivity contribution >= 4 is 0 Å². The topological polar surface area (TPSA) is 15.3 Å². The molecule has 2 nitrogen and oxygen atoms in total. The Morgan fingerprint density at radius 1 is 1.31 bits per heavy atom. The maximum Gasteiger partial charge on any atom is 0.0104 e. The molecule has 1 heterocycles. The minimum absolute atomic E-state index is 0.637. The Morgan fingerprint density at radius 2 is 2.06 bits per heavy atom. The molecule has 0 aliphatic carbocycles. The molecule has 1 saturated heterocycles. The molecule has 0 radical (unpaired) electrons. The summed E-state index contributed by atoms with van der Waals surface area (Å²) in [4.78, 5) is 2.42. The number of nitrogens with zero attached hydrogens (tertiary/aromatic N) is 1. The van der Waals surface area contributed by atoms with Crippen LogP contribution in [0.2, 0.25) is 0 Å². The summed E-state index contributed by atoms with van der Waals surface area (Å²) in [6.07, 6.45) is 1.13. The Morgan fingerprint density at radius 3 is 2.75 bits per heavy atom. The summed E-state index contributed by atoms with van der Waals surface area (Å²) in [5.41, 5.74) is 2.90. The third kappa shape index (κ3) is 2.83. The van der Waals surface area contributed by atoms with Gasteiger partial charge in [0.25, 0.3) is 0 Å². The molecule has 1 aromatic carbocycles. The van der Waals surface area contributed by atoms with Gasteiger partial charge in [-0.2, -0.15) is 0 Å². The zero-order valence-corrected chi connectivity index (χ0v) is 10.4. The van der Waals surface area contributed by atoms with E-state index in [4.69, 9.17) is 0 Å². The van der Waals surface area contributed by atoms with Gasteiger partial charge in [0.05, 0.1) is 0 Å². The maximum atomic E-state index is 3.51. The number of nitrogens with one attached hydrogen (secondary N) is 1. The highest BCUT2D eigenvalue weighted by Crippen LogP contribution is 2.18. The molecule has 1 aliphatic heterocycles. The van der Waals surface area contributed by atoms with Crippen molar-refractivity contribution in [3.05, 3.63) is 35.4 Å². The van der Waals surface area contributed by atoms with Crippen LogP contribution in [0, 0.1) is 0 Å². The summed E-state index contributed by atoms with van der Waals surface area (Å²) < 4.78 is 0. The number of benzene rings is 1. The van der Waals surface area contributed by atoms with E-state index in [-0.39, 0.29) is 0 Å². The van der Waals surface area contributed by atoms with Gasteiger partial charge in [-0.3, -0.25) is 0 Å². The van der Waals surface area contributed by atoms with Gasteiger partial charge in [-0.1, -0.05) is 31.2 Å². The number of hydrogen-bond acceptors (Lipinski definition) is 2. The summed E-state index contributed by atoms with van der Waals surface area (Å²) in [5.74, 6) is 0.637. The fourth-order valence-corrected chi connectivity index (χ4v) is 2.33. The largest absolute Gasteiger partial charge is 0.315 e. The first-order valence-electron chi connectivity index (χ1n) is 6.27. The van der Waals surface area contributed by atoms with E-state index < -0.39 is 0 Å². The normalized spacial score (nSPS) is 23.0. The zero-order chi connectivity index (χ0) is 11.4. The van der Waals surface area contributed by atoms with Crippen LogP contribution in [0.5, 0.6) is 0 Å². The monoisotopic (exact) mass is 218 g/mol. The summed E-state index contributed by atoms with van der Waals surface area (Å²) >= 11 is 0. The maximum absolute atomic E-state index is 3.51. The lowest BCUT2D eigenvalue weighted by atomic mass is 9.97. The molecule has 1 N–H and O–H groups in total. The summed E-state index contributed by atoms with van der Waals surface area (Å²) in [6.45, 7) is 6.74. The van der Waals surface area contributed by atoms with Crippen molar-refractivity contribution in [2.75, 3.05) is 33.2 Å². The highest BCUT2D eigenvalue weighted by molar-refractivity contribution is 5.26. The number of likely N-dealkylation sites (N-methyl/N-ethyl adjacent to an activating group) is 1. The van der Waals surface area contributed by atoms with Gasteiger partial charge < -0.3 is 10.2 Å². The van der Waals surface area contributed by atoms with Crippen molar-refractivity contribution in [3.63, 3.8) is 0 Å². The third-order valence-corrected chi connectivity index (χ3v) is 3.45. The van der Waals surface area contributed by atoms with Crippen LogP contribution >= 0.6 is 0 Å². The van der Waals surface area contributed by atoms with Gasteiger partial charge in [-0.25, -0.2) is 0 Å². The van der Waals surface area contributed by atoms with Crippen LogP contribution in [0.25, 0.3) is 0 Å². The van der Waals surface area contributed by atoms with Crippen LogP contribution < -0.4 is 5.32 Å². The number of aryl methyl sites for hydroxylation is 1. The van der Waals surface area contributed by atoms with Crippen LogP contribution in [0.1, 0.15) is 24.0 Å². The van der Waals surface area contributed by atoms with Gasteiger partial charge in [-0.15, -0.1) is 0 Å². The Labute approximate surface area is 98.7 Å². The molecule has 1 unspecified atom stereocenters. The van der Waals surface area contributed by atoms with Crippen molar-refractivity contribution < 1.29 is 0 Å². The predicted molar refractivity (Wildman–Crippen MR) is 68.9 cm³/mol. The van der Waals surface area contributed by atoms with Crippen LogP contribution in [0.3, 0.4) is 0 Å². The third-order valence-electron chi connectivity index (χ3n) is 3.45. The Balaban J connectivity index is 2.09. The van der Waals surface area contributed by atoms with Crippen LogP contribution in [0.15, 0.2) is 24.3 Å². The van der Waals surface area contributed by atoms with E-state index in [1.807, 2.05) is 0 Å². The van der Waals surface area contributed by atoms with Gasteiger partial charge in [-0.05, 0) is 24.6 Å². The van der Waals surface area contributed by atoms with Crippen molar-refractivity contribution in [3.8, 4) is 0 Å². The molecule has 0 bridgehead atoms. The smallest absolute Gasteiger partial charge is 0.0104 e. The van der Waals surface area contributed by atoms with Gasteiger partial charge in [0.1, 0.15) is 0 Å². The van der Waals surface area contributed by atoms with Crippen LogP contribution in [-0.4, -0.2) is 38.1 Å². The van der Waals surface area contributed by atoms with Crippen molar-refractivity contribution in [2.45, 2.75) is 19.3 Å². The fourth-order valence-electron chi connectivity index (χ4n) is 2.33. The lowest BCUT2D eigenvalue weighted by molar-refractivity contribution is 0.342.